The molecule has 1 aliphatic rings. The molecule has 0 unspecified atom stereocenters. The lowest BCUT2D eigenvalue weighted by molar-refractivity contribution is -0.123. The molecular weight excluding hydrogens is 370 g/mol. The van der Waals surface area contributed by atoms with Crippen molar-refractivity contribution in [3.63, 3.8) is 0 Å². The summed E-state index contributed by atoms with van der Waals surface area (Å²) in [6, 6.07) is 14.2. The minimum Gasteiger partial charge on any atom is -0.492 e. The third-order valence-corrected chi connectivity index (χ3v) is 4.61. The lowest BCUT2D eigenvalue weighted by atomic mass is 10.1. The summed E-state index contributed by atoms with van der Waals surface area (Å²) in [4.78, 5) is 29.3. The number of carbonyl (C=O) groups is 2. The molecule has 148 valence electrons. The van der Waals surface area contributed by atoms with E-state index in [9.17, 15) is 9.59 Å². The summed E-state index contributed by atoms with van der Waals surface area (Å²) in [6.07, 6.45) is -0.0595. The van der Waals surface area contributed by atoms with E-state index < -0.39 is 6.04 Å². The van der Waals surface area contributed by atoms with Crippen LogP contribution in [0, 0.1) is 6.92 Å². The molecule has 0 spiro atoms. The van der Waals surface area contributed by atoms with Crippen LogP contribution in [0.2, 0.25) is 0 Å². The van der Waals surface area contributed by atoms with Crippen molar-refractivity contribution >= 4 is 23.5 Å². The molecule has 3 aromatic rings. The Kier molecular flexibility index (Phi) is 4.99. The van der Waals surface area contributed by atoms with Gasteiger partial charge in [0, 0.05) is 5.56 Å². The first-order valence-corrected chi connectivity index (χ1v) is 9.41. The minimum absolute atomic E-state index is 0.0595. The van der Waals surface area contributed by atoms with Gasteiger partial charge in [0.15, 0.2) is 5.82 Å². The number of benzene rings is 2. The predicted molar refractivity (Wildman–Crippen MR) is 109 cm³/mol. The normalized spacial score (nSPS) is 15.0. The van der Waals surface area contributed by atoms with E-state index in [1.54, 1.807) is 12.1 Å². The highest BCUT2D eigenvalue weighted by molar-refractivity contribution is 6.01. The first-order valence-electron chi connectivity index (χ1n) is 9.41. The molecule has 0 aliphatic carbocycles. The molecule has 0 bridgehead atoms. The summed E-state index contributed by atoms with van der Waals surface area (Å²) < 4.78 is 7.00. The Labute approximate surface area is 167 Å². The Morgan fingerprint density at radius 3 is 2.72 bits per heavy atom. The van der Waals surface area contributed by atoms with Gasteiger partial charge in [-0.2, -0.15) is 4.98 Å². The zero-order chi connectivity index (χ0) is 20.4. The molecule has 8 heteroatoms. The molecule has 0 radical (unpaired) electrons. The molecule has 0 fully saturated rings. The first kappa shape index (κ1) is 18.7. The maximum atomic E-state index is 12.6. The second-order valence-electron chi connectivity index (χ2n) is 6.76. The number of aryl methyl sites for hydroxylation is 1. The maximum absolute atomic E-state index is 12.6. The van der Waals surface area contributed by atoms with Gasteiger partial charge in [0.1, 0.15) is 11.8 Å². The van der Waals surface area contributed by atoms with Crippen LogP contribution in [-0.4, -0.2) is 33.2 Å². The van der Waals surface area contributed by atoms with Crippen LogP contribution in [0.4, 0.5) is 11.6 Å². The van der Waals surface area contributed by atoms with E-state index in [0.29, 0.717) is 29.8 Å². The van der Waals surface area contributed by atoms with Crippen molar-refractivity contribution in [1.82, 2.24) is 14.8 Å². The Balaban J connectivity index is 1.51. The number of para-hydroxylation sites is 2. The number of hydrogen-bond donors (Lipinski definition) is 2. The van der Waals surface area contributed by atoms with Crippen molar-refractivity contribution in [1.29, 1.82) is 0 Å². The fraction of sp³-hybridized carbons (Fsp3) is 0.238. The van der Waals surface area contributed by atoms with Gasteiger partial charge in [-0.25, -0.2) is 4.68 Å². The highest BCUT2D eigenvalue weighted by Crippen LogP contribution is 2.29. The third-order valence-electron chi connectivity index (χ3n) is 4.61. The van der Waals surface area contributed by atoms with Gasteiger partial charge in [-0.15, -0.1) is 5.10 Å². The summed E-state index contributed by atoms with van der Waals surface area (Å²) >= 11 is 0. The summed E-state index contributed by atoms with van der Waals surface area (Å²) in [6.45, 7) is 4.37. The van der Waals surface area contributed by atoms with Crippen molar-refractivity contribution in [3.05, 3.63) is 54.1 Å². The number of nitrogens with one attached hydrogen (secondary N) is 2. The average molecular weight is 391 g/mol. The molecule has 4 rings (SSSR count). The van der Waals surface area contributed by atoms with Crippen molar-refractivity contribution in [3.8, 4) is 17.1 Å². The maximum Gasteiger partial charge on any atom is 0.252 e. The van der Waals surface area contributed by atoms with Crippen LogP contribution in [0.15, 0.2) is 48.5 Å². The van der Waals surface area contributed by atoms with Gasteiger partial charge in [0.25, 0.3) is 5.91 Å². The largest absolute Gasteiger partial charge is 0.492 e. The quantitative estimate of drug-likeness (QED) is 0.673. The number of hydrogen-bond acceptors (Lipinski definition) is 5. The van der Waals surface area contributed by atoms with Crippen molar-refractivity contribution in [2.75, 3.05) is 17.2 Å². The molecule has 2 aromatic carbocycles. The van der Waals surface area contributed by atoms with E-state index in [2.05, 4.69) is 20.7 Å². The van der Waals surface area contributed by atoms with E-state index in [1.807, 2.05) is 50.2 Å². The predicted octanol–water partition coefficient (Wildman–Crippen LogP) is 3.17. The van der Waals surface area contributed by atoms with Crippen molar-refractivity contribution in [2.45, 2.75) is 26.3 Å². The van der Waals surface area contributed by atoms with Gasteiger partial charge < -0.3 is 10.1 Å². The minimum atomic E-state index is -0.754. The van der Waals surface area contributed by atoms with E-state index in [4.69, 9.17) is 4.74 Å². The molecule has 1 atom stereocenters. The zero-order valence-electron chi connectivity index (χ0n) is 16.2. The summed E-state index contributed by atoms with van der Waals surface area (Å²) in [5.74, 6) is 0.828. The number of carbonyl (C=O) groups excluding carboxylic acids is 2. The molecule has 8 nitrogen and oxygen atoms in total. The fourth-order valence-corrected chi connectivity index (χ4v) is 3.16. The second kappa shape index (κ2) is 7.75. The van der Waals surface area contributed by atoms with Crippen LogP contribution >= 0.6 is 0 Å². The lowest BCUT2D eigenvalue weighted by Crippen LogP contribution is -2.24. The van der Waals surface area contributed by atoms with E-state index in [1.165, 1.54) is 4.68 Å². The van der Waals surface area contributed by atoms with Gasteiger partial charge in [0.05, 0.1) is 18.7 Å². The fourth-order valence-electron chi connectivity index (χ4n) is 3.16. The monoisotopic (exact) mass is 391 g/mol. The Morgan fingerprint density at radius 1 is 1.21 bits per heavy atom. The molecule has 2 heterocycles. The zero-order valence-corrected chi connectivity index (χ0v) is 16.2. The number of anilines is 2. The van der Waals surface area contributed by atoms with Crippen LogP contribution in [0.3, 0.4) is 0 Å². The smallest absolute Gasteiger partial charge is 0.252 e. The highest BCUT2D eigenvalue weighted by Gasteiger charge is 2.35. The number of amides is 2. The van der Waals surface area contributed by atoms with Gasteiger partial charge in [-0.05, 0) is 26.0 Å². The summed E-state index contributed by atoms with van der Waals surface area (Å²) in [7, 11) is 0. The number of fused-ring (bicyclic) bond motifs is 1. The van der Waals surface area contributed by atoms with Crippen LogP contribution in [-0.2, 0) is 9.59 Å². The van der Waals surface area contributed by atoms with Gasteiger partial charge in [-0.3, -0.25) is 14.9 Å². The topological polar surface area (TPSA) is 98.1 Å². The number of nitrogens with zero attached hydrogens (tertiary/aromatic N) is 3. The molecule has 0 saturated heterocycles. The molecule has 1 aromatic heterocycles. The number of rotatable bonds is 6. The lowest BCUT2D eigenvalue weighted by Gasteiger charge is -2.13. The molecule has 2 amide bonds. The SMILES string of the molecule is CCOc1ccccc1NC(=O)C[C@@H]1C(=O)Nc2nc(-c3ccc(C)cc3)nn21. The van der Waals surface area contributed by atoms with E-state index in [0.717, 1.165) is 11.1 Å². The second-order valence-corrected chi connectivity index (χ2v) is 6.76. The molecule has 0 saturated carbocycles. The Hall–Kier alpha value is -3.68. The van der Waals surface area contributed by atoms with Gasteiger partial charge in [-0.1, -0.05) is 42.0 Å². The van der Waals surface area contributed by atoms with Crippen molar-refractivity contribution < 1.29 is 14.3 Å². The standard InChI is InChI=1S/C21H21N5O3/c1-3-29-17-7-5-4-6-15(17)22-18(27)12-16-20(28)24-21-23-19(25-26(16)21)14-10-8-13(2)9-11-14/h4-11,16H,3,12H2,1-2H3,(H,22,27)(H,23,24,25,28)/t16-/m1/s1. The molecule has 29 heavy (non-hydrogen) atoms. The summed E-state index contributed by atoms with van der Waals surface area (Å²) in [5, 5.41) is 9.96. The molecule has 1 aliphatic heterocycles. The Bertz CT molecular complexity index is 1060. The van der Waals surface area contributed by atoms with Crippen LogP contribution in [0.5, 0.6) is 5.75 Å². The number of ether oxygens (including phenoxy) is 1. The van der Waals surface area contributed by atoms with Crippen LogP contribution in [0.25, 0.3) is 11.4 Å². The highest BCUT2D eigenvalue weighted by atomic mass is 16.5. The van der Waals surface area contributed by atoms with Crippen LogP contribution in [0.1, 0.15) is 24.9 Å². The van der Waals surface area contributed by atoms with E-state index in [-0.39, 0.29) is 18.2 Å². The Morgan fingerprint density at radius 2 is 1.97 bits per heavy atom. The van der Waals surface area contributed by atoms with E-state index >= 15 is 0 Å². The van der Waals surface area contributed by atoms with Gasteiger partial charge >= 0.3 is 0 Å². The molecule has 2 N–H and O–H groups in total. The first-order chi connectivity index (χ1) is 14.0. The molecular formula is C21H21N5O3. The van der Waals surface area contributed by atoms with Crippen molar-refractivity contribution in [2.24, 2.45) is 0 Å². The number of aromatic nitrogens is 3. The third kappa shape index (κ3) is 3.82. The average Bonchev–Trinajstić information content (AvgIpc) is 3.23. The summed E-state index contributed by atoms with van der Waals surface area (Å²) in [5.41, 5.74) is 2.55. The van der Waals surface area contributed by atoms with Crippen LogP contribution < -0.4 is 15.4 Å². The van der Waals surface area contributed by atoms with Gasteiger partial charge in [0.2, 0.25) is 11.9 Å².